The summed E-state index contributed by atoms with van der Waals surface area (Å²) >= 11 is 6.16. The van der Waals surface area contributed by atoms with E-state index in [4.69, 9.17) is 11.6 Å². The molecule has 6 nitrogen and oxygen atoms in total. The molecule has 3 aromatic rings. The molecule has 1 aromatic heterocycles. The van der Waals surface area contributed by atoms with Crippen molar-refractivity contribution in [3.8, 4) is 0 Å². The van der Waals surface area contributed by atoms with Crippen LogP contribution in [-0.2, 0) is 11.2 Å². The highest BCUT2D eigenvalue weighted by molar-refractivity contribution is 6.33. The molecule has 0 radical (unpaired) electrons. The Hall–Kier alpha value is -2.83. The van der Waals surface area contributed by atoms with Crippen molar-refractivity contribution in [1.29, 1.82) is 0 Å². The van der Waals surface area contributed by atoms with Crippen LogP contribution in [0.1, 0.15) is 22.3 Å². The number of fused-ring (bicyclic) bond motifs is 1. The van der Waals surface area contributed by atoms with Crippen molar-refractivity contribution in [2.45, 2.75) is 18.9 Å². The number of hydrogen-bond donors (Lipinski definition) is 3. The van der Waals surface area contributed by atoms with Gasteiger partial charge in [0.15, 0.2) is 0 Å². The number of nitrogens with one attached hydrogen (secondary N) is 3. The summed E-state index contributed by atoms with van der Waals surface area (Å²) in [5.74, 6) is -0.576. The monoisotopic (exact) mass is 426 g/mol. The number of carbonyl (C=O) groups excluding carboxylic acids is 2. The molecule has 0 aliphatic rings. The van der Waals surface area contributed by atoms with Crippen molar-refractivity contribution >= 4 is 34.3 Å². The van der Waals surface area contributed by atoms with Gasteiger partial charge in [-0.1, -0.05) is 41.9 Å². The van der Waals surface area contributed by atoms with Crippen LogP contribution in [0.2, 0.25) is 5.02 Å². The lowest BCUT2D eigenvalue weighted by Crippen LogP contribution is -2.48. The highest BCUT2D eigenvalue weighted by Crippen LogP contribution is 2.20. The fraction of sp³-hybridized carbons (Fsp3) is 0.304. The van der Waals surface area contributed by atoms with Gasteiger partial charge in [0.25, 0.3) is 5.91 Å². The largest absolute Gasteiger partial charge is 0.361 e. The maximum atomic E-state index is 12.9. The molecule has 1 atom stereocenters. The Labute approximate surface area is 181 Å². The summed E-state index contributed by atoms with van der Waals surface area (Å²) < 4.78 is 0. The second kappa shape index (κ2) is 10.3. The van der Waals surface area contributed by atoms with Crippen molar-refractivity contribution < 1.29 is 9.59 Å². The van der Waals surface area contributed by atoms with Gasteiger partial charge in [0, 0.05) is 30.1 Å². The molecule has 0 saturated heterocycles. The highest BCUT2D eigenvalue weighted by atomic mass is 35.5. The summed E-state index contributed by atoms with van der Waals surface area (Å²) in [5, 5.41) is 7.20. The first-order valence-corrected chi connectivity index (χ1v) is 10.4. The average molecular weight is 427 g/mol. The van der Waals surface area contributed by atoms with E-state index in [9.17, 15) is 9.59 Å². The van der Waals surface area contributed by atoms with Crippen LogP contribution in [-0.4, -0.2) is 54.9 Å². The van der Waals surface area contributed by atoms with E-state index in [1.54, 1.807) is 24.3 Å². The van der Waals surface area contributed by atoms with Crippen LogP contribution in [0.3, 0.4) is 0 Å². The van der Waals surface area contributed by atoms with Crippen LogP contribution < -0.4 is 10.6 Å². The molecule has 0 bridgehead atoms. The minimum atomic E-state index is -0.715. The average Bonchev–Trinajstić information content (AvgIpc) is 3.13. The number of halogens is 1. The van der Waals surface area contributed by atoms with E-state index in [0.717, 1.165) is 29.4 Å². The zero-order valence-corrected chi connectivity index (χ0v) is 18.0. The molecule has 7 heteroatoms. The van der Waals surface area contributed by atoms with Gasteiger partial charge in [-0.25, -0.2) is 0 Å². The minimum Gasteiger partial charge on any atom is -0.361 e. The first-order valence-electron chi connectivity index (χ1n) is 9.98. The lowest BCUT2D eigenvalue weighted by Gasteiger charge is -2.19. The van der Waals surface area contributed by atoms with Gasteiger partial charge in [0.2, 0.25) is 5.91 Å². The van der Waals surface area contributed by atoms with Crippen LogP contribution in [0.25, 0.3) is 10.9 Å². The van der Waals surface area contributed by atoms with Gasteiger partial charge in [0.05, 0.1) is 10.6 Å². The van der Waals surface area contributed by atoms with Crippen molar-refractivity contribution in [2.24, 2.45) is 0 Å². The van der Waals surface area contributed by atoms with E-state index in [2.05, 4.69) is 20.5 Å². The fourth-order valence-corrected chi connectivity index (χ4v) is 3.56. The summed E-state index contributed by atoms with van der Waals surface area (Å²) in [7, 11) is 3.98. The number of amides is 2. The van der Waals surface area contributed by atoms with Gasteiger partial charge in [-0.05, 0) is 50.8 Å². The number of hydrogen-bond acceptors (Lipinski definition) is 3. The van der Waals surface area contributed by atoms with Gasteiger partial charge in [-0.2, -0.15) is 0 Å². The Kier molecular flexibility index (Phi) is 7.49. The molecule has 1 unspecified atom stereocenters. The van der Waals surface area contributed by atoms with Crippen molar-refractivity contribution in [2.75, 3.05) is 27.2 Å². The second-order valence-electron chi connectivity index (χ2n) is 7.52. The molecule has 0 aliphatic heterocycles. The van der Waals surface area contributed by atoms with E-state index in [1.807, 2.05) is 44.6 Å². The Balaban J connectivity index is 1.76. The number of carbonyl (C=O) groups is 2. The Morgan fingerprint density at radius 2 is 1.83 bits per heavy atom. The minimum absolute atomic E-state index is 0.209. The zero-order chi connectivity index (χ0) is 21.5. The molecule has 3 rings (SSSR count). The number of H-pyrrole nitrogens is 1. The SMILES string of the molecule is CN(C)CCCNC(=O)C(Cc1c[nH]c2ccccc12)NC(=O)c1ccccc1Cl. The molecule has 0 spiro atoms. The van der Waals surface area contributed by atoms with Crippen molar-refractivity contribution in [3.05, 3.63) is 70.9 Å². The summed E-state index contributed by atoms with van der Waals surface area (Å²) in [6.07, 6.45) is 3.09. The van der Waals surface area contributed by atoms with Crippen LogP contribution in [0.4, 0.5) is 0 Å². The molecule has 2 aromatic carbocycles. The second-order valence-corrected chi connectivity index (χ2v) is 7.92. The molecular formula is C23H27ClN4O2. The van der Waals surface area contributed by atoms with E-state index >= 15 is 0 Å². The van der Waals surface area contributed by atoms with Gasteiger partial charge in [-0.3, -0.25) is 9.59 Å². The van der Waals surface area contributed by atoms with Crippen LogP contribution in [0, 0.1) is 0 Å². The van der Waals surface area contributed by atoms with E-state index in [1.165, 1.54) is 0 Å². The van der Waals surface area contributed by atoms with Crippen molar-refractivity contribution in [3.63, 3.8) is 0 Å². The summed E-state index contributed by atoms with van der Waals surface area (Å²) in [6, 6.07) is 14.0. The number of para-hydroxylation sites is 1. The Morgan fingerprint density at radius 1 is 1.10 bits per heavy atom. The molecule has 1 heterocycles. The standard InChI is InChI=1S/C23H27ClN4O2/c1-28(2)13-7-12-25-23(30)21(27-22(29)18-9-3-5-10-19(18)24)14-16-15-26-20-11-6-4-8-17(16)20/h3-6,8-11,15,21,26H,7,12-14H2,1-2H3,(H,25,30)(H,27,29). The lowest BCUT2D eigenvalue weighted by atomic mass is 10.0. The molecule has 0 fully saturated rings. The quantitative estimate of drug-likeness (QED) is 0.460. The predicted octanol–water partition coefficient (Wildman–Crippen LogP) is 3.23. The molecule has 0 saturated carbocycles. The molecule has 2 amide bonds. The normalized spacial score (nSPS) is 12.1. The summed E-state index contributed by atoms with van der Waals surface area (Å²) in [5.41, 5.74) is 2.32. The van der Waals surface area contributed by atoms with Gasteiger partial charge >= 0.3 is 0 Å². The van der Waals surface area contributed by atoms with Gasteiger partial charge < -0.3 is 20.5 Å². The predicted molar refractivity (Wildman–Crippen MR) is 121 cm³/mol. The highest BCUT2D eigenvalue weighted by Gasteiger charge is 2.23. The molecule has 3 N–H and O–H groups in total. The smallest absolute Gasteiger partial charge is 0.253 e. The Morgan fingerprint density at radius 3 is 2.60 bits per heavy atom. The fourth-order valence-electron chi connectivity index (χ4n) is 3.34. The number of aromatic nitrogens is 1. The molecule has 158 valence electrons. The maximum Gasteiger partial charge on any atom is 0.253 e. The molecule has 30 heavy (non-hydrogen) atoms. The topological polar surface area (TPSA) is 77.2 Å². The Bertz CT molecular complexity index is 1020. The molecular weight excluding hydrogens is 400 g/mol. The molecule has 0 aliphatic carbocycles. The number of aromatic amines is 1. The van der Waals surface area contributed by atoms with Gasteiger partial charge in [-0.15, -0.1) is 0 Å². The lowest BCUT2D eigenvalue weighted by molar-refractivity contribution is -0.122. The van der Waals surface area contributed by atoms with E-state index in [0.29, 0.717) is 23.6 Å². The first kappa shape index (κ1) is 21.9. The van der Waals surface area contributed by atoms with Gasteiger partial charge in [0.1, 0.15) is 6.04 Å². The number of rotatable bonds is 9. The number of nitrogens with zero attached hydrogens (tertiary/aromatic N) is 1. The third-order valence-electron chi connectivity index (χ3n) is 4.92. The van der Waals surface area contributed by atoms with Crippen molar-refractivity contribution in [1.82, 2.24) is 20.5 Å². The third kappa shape index (κ3) is 5.62. The van der Waals surface area contributed by atoms with Crippen LogP contribution in [0.5, 0.6) is 0 Å². The zero-order valence-electron chi connectivity index (χ0n) is 17.2. The van der Waals surface area contributed by atoms with Crippen LogP contribution >= 0.6 is 11.6 Å². The summed E-state index contributed by atoms with van der Waals surface area (Å²) in [6.45, 7) is 1.42. The van der Waals surface area contributed by atoms with E-state index in [-0.39, 0.29) is 11.8 Å². The number of benzene rings is 2. The first-order chi connectivity index (χ1) is 14.5. The van der Waals surface area contributed by atoms with E-state index < -0.39 is 6.04 Å². The third-order valence-corrected chi connectivity index (χ3v) is 5.25. The summed E-state index contributed by atoms with van der Waals surface area (Å²) in [4.78, 5) is 31.0. The van der Waals surface area contributed by atoms with Crippen LogP contribution in [0.15, 0.2) is 54.7 Å². The maximum absolute atomic E-state index is 12.9.